The Labute approximate surface area is 170 Å². The van der Waals surface area contributed by atoms with Crippen LogP contribution >= 0.6 is 0 Å². The fourth-order valence-corrected chi connectivity index (χ4v) is 5.24. The van der Waals surface area contributed by atoms with Crippen molar-refractivity contribution in [1.29, 1.82) is 0 Å². The number of nitrogens with one attached hydrogen (secondary N) is 1. The Hall–Kier alpha value is -2.38. The second-order valence-corrected chi connectivity index (χ2v) is 8.58. The second kappa shape index (κ2) is 7.46. The first-order chi connectivity index (χ1) is 14.1. The van der Waals surface area contributed by atoms with E-state index in [1.54, 1.807) is 6.07 Å². The standard InChI is InChI=1S/C22H28N4O3/c27-17-4-1-3-16(13-17)14-25-8-2-6-22(15-25)7-5-18-19(22)23-21(24-20(18)28)26-9-11-29-12-10-26/h1,3-4,13,27H,2,5-12,14-15H2,(H,23,24,28). The number of ether oxygens (including phenoxy) is 1. The molecule has 1 aliphatic carbocycles. The van der Waals surface area contributed by atoms with Gasteiger partial charge in [0.15, 0.2) is 0 Å². The van der Waals surface area contributed by atoms with E-state index in [1.165, 1.54) is 0 Å². The first-order valence-electron chi connectivity index (χ1n) is 10.6. The molecule has 1 spiro atoms. The third-order valence-electron chi connectivity index (χ3n) is 6.64. The highest BCUT2D eigenvalue weighted by molar-refractivity contribution is 5.40. The van der Waals surface area contributed by atoms with E-state index in [0.717, 1.165) is 75.2 Å². The number of aromatic amines is 1. The molecule has 2 aliphatic heterocycles. The highest BCUT2D eigenvalue weighted by atomic mass is 16.5. The van der Waals surface area contributed by atoms with Gasteiger partial charge < -0.3 is 14.7 Å². The molecule has 2 saturated heterocycles. The van der Waals surface area contributed by atoms with Crippen LogP contribution in [-0.2, 0) is 23.1 Å². The van der Waals surface area contributed by atoms with Crippen LogP contribution in [-0.4, -0.2) is 59.4 Å². The van der Waals surface area contributed by atoms with Gasteiger partial charge in [0.25, 0.3) is 5.56 Å². The van der Waals surface area contributed by atoms with E-state index >= 15 is 0 Å². The van der Waals surface area contributed by atoms with Crippen LogP contribution in [0.15, 0.2) is 29.1 Å². The van der Waals surface area contributed by atoms with Gasteiger partial charge in [-0.05, 0) is 49.9 Å². The Balaban J connectivity index is 1.43. The zero-order chi connectivity index (χ0) is 19.8. The van der Waals surface area contributed by atoms with E-state index in [4.69, 9.17) is 9.72 Å². The SMILES string of the molecule is O=c1[nH]c(N2CCOCC2)nc2c1CCC21CCCN(Cc2cccc(O)c2)C1. The van der Waals surface area contributed by atoms with Gasteiger partial charge in [-0.1, -0.05) is 12.1 Å². The third kappa shape index (κ3) is 3.53. The fraction of sp³-hybridized carbons (Fsp3) is 0.545. The van der Waals surface area contributed by atoms with Crippen molar-refractivity contribution in [1.82, 2.24) is 14.9 Å². The normalized spacial score (nSPS) is 24.8. The average molecular weight is 396 g/mol. The highest BCUT2D eigenvalue weighted by Gasteiger charge is 2.44. The van der Waals surface area contributed by atoms with Crippen LogP contribution in [0.1, 0.15) is 36.1 Å². The minimum atomic E-state index is -0.0420. The molecule has 0 bridgehead atoms. The number of phenolic OH excluding ortho intramolecular Hbond substituents is 1. The molecule has 5 rings (SSSR count). The number of fused-ring (bicyclic) bond motifs is 2. The van der Waals surface area contributed by atoms with Crippen LogP contribution in [0.4, 0.5) is 5.95 Å². The molecule has 154 valence electrons. The summed E-state index contributed by atoms with van der Waals surface area (Å²) in [6.45, 7) is 5.62. The van der Waals surface area contributed by atoms with E-state index in [9.17, 15) is 9.90 Å². The van der Waals surface area contributed by atoms with Gasteiger partial charge >= 0.3 is 0 Å². The summed E-state index contributed by atoms with van der Waals surface area (Å²) in [7, 11) is 0. The molecule has 7 nitrogen and oxygen atoms in total. The maximum atomic E-state index is 12.8. The molecule has 1 aromatic carbocycles. The van der Waals surface area contributed by atoms with Crippen molar-refractivity contribution < 1.29 is 9.84 Å². The molecule has 7 heteroatoms. The van der Waals surface area contributed by atoms with Crippen LogP contribution in [0.3, 0.4) is 0 Å². The van der Waals surface area contributed by atoms with Gasteiger partial charge in [-0.25, -0.2) is 4.98 Å². The molecule has 3 heterocycles. The Morgan fingerprint density at radius 1 is 1.21 bits per heavy atom. The van der Waals surface area contributed by atoms with Crippen molar-refractivity contribution in [3.8, 4) is 5.75 Å². The maximum absolute atomic E-state index is 12.8. The lowest BCUT2D eigenvalue weighted by Gasteiger charge is -2.41. The molecular formula is C22H28N4O3. The lowest BCUT2D eigenvalue weighted by molar-refractivity contribution is 0.121. The number of hydrogen-bond donors (Lipinski definition) is 2. The molecule has 29 heavy (non-hydrogen) atoms. The van der Waals surface area contributed by atoms with Crippen LogP contribution in [0.2, 0.25) is 0 Å². The number of piperidine rings is 1. The molecule has 1 unspecified atom stereocenters. The molecule has 0 amide bonds. The number of aromatic nitrogens is 2. The maximum Gasteiger partial charge on any atom is 0.255 e. The van der Waals surface area contributed by atoms with Crippen LogP contribution < -0.4 is 10.5 Å². The van der Waals surface area contributed by atoms with Crippen LogP contribution in [0.5, 0.6) is 5.75 Å². The van der Waals surface area contributed by atoms with Gasteiger partial charge in [0.1, 0.15) is 5.75 Å². The zero-order valence-electron chi connectivity index (χ0n) is 16.7. The molecule has 0 radical (unpaired) electrons. The van der Waals surface area contributed by atoms with Crippen LogP contribution in [0.25, 0.3) is 0 Å². The van der Waals surface area contributed by atoms with Crippen molar-refractivity contribution in [3.05, 3.63) is 51.4 Å². The topological polar surface area (TPSA) is 81.7 Å². The molecule has 2 N–H and O–H groups in total. The lowest BCUT2D eigenvalue weighted by Crippen LogP contribution is -2.45. The average Bonchev–Trinajstić information content (AvgIpc) is 3.07. The van der Waals surface area contributed by atoms with E-state index in [0.29, 0.717) is 24.9 Å². The number of benzene rings is 1. The molecule has 0 saturated carbocycles. The van der Waals surface area contributed by atoms with Crippen molar-refractivity contribution in [2.75, 3.05) is 44.3 Å². The summed E-state index contributed by atoms with van der Waals surface area (Å²) in [5.74, 6) is 1.01. The minimum absolute atomic E-state index is 0.0264. The third-order valence-corrected chi connectivity index (χ3v) is 6.64. The zero-order valence-corrected chi connectivity index (χ0v) is 16.7. The number of phenols is 1. The lowest BCUT2D eigenvalue weighted by atomic mass is 9.77. The van der Waals surface area contributed by atoms with E-state index in [2.05, 4.69) is 20.9 Å². The number of likely N-dealkylation sites (tertiary alicyclic amines) is 1. The summed E-state index contributed by atoms with van der Waals surface area (Å²) < 4.78 is 5.45. The fourth-order valence-electron chi connectivity index (χ4n) is 5.24. The first kappa shape index (κ1) is 18.6. The highest BCUT2D eigenvalue weighted by Crippen LogP contribution is 2.43. The second-order valence-electron chi connectivity index (χ2n) is 8.58. The Kier molecular flexibility index (Phi) is 4.80. The molecule has 2 fully saturated rings. The van der Waals surface area contributed by atoms with E-state index < -0.39 is 0 Å². The van der Waals surface area contributed by atoms with Crippen molar-refractivity contribution in [3.63, 3.8) is 0 Å². The minimum Gasteiger partial charge on any atom is -0.508 e. The molecular weight excluding hydrogens is 368 g/mol. The Morgan fingerprint density at radius 2 is 2.07 bits per heavy atom. The van der Waals surface area contributed by atoms with Gasteiger partial charge in [0.2, 0.25) is 5.95 Å². The van der Waals surface area contributed by atoms with Crippen molar-refractivity contribution in [2.24, 2.45) is 0 Å². The summed E-state index contributed by atoms with van der Waals surface area (Å²) in [5, 5.41) is 9.78. The smallest absolute Gasteiger partial charge is 0.255 e. The molecule has 3 aliphatic rings. The number of hydrogen-bond acceptors (Lipinski definition) is 6. The monoisotopic (exact) mass is 396 g/mol. The predicted octanol–water partition coefficient (Wildman–Crippen LogP) is 1.79. The molecule has 1 atom stereocenters. The molecule has 1 aromatic heterocycles. The molecule has 2 aromatic rings. The number of H-pyrrole nitrogens is 1. The van der Waals surface area contributed by atoms with Gasteiger partial charge in [-0.15, -0.1) is 0 Å². The van der Waals surface area contributed by atoms with Gasteiger partial charge in [-0.2, -0.15) is 0 Å². The largest absolute Gasteiger partial charge is 0.508 e. The Bertz CT molecular complexity index is 953. The predicted molar refractivity (Wildman–Crippen MR) is 111 cm³/mol. The summed E-state index contributed by atoms with van der Waals surface area (Å²) in [4.78, 5) is 25.4. The quantitative estimate of drug-likeness (QED) is 0.823. The number of morpholine rings is 1. The number of aromatic hydroxyl groups is 1. The van der Waals surface area contributed by atoms with Crippen LogP contribution in [0, 0.1) is 0 Å². The van der Waals surface area contributed by atoms with Gasteiger partial charge in [0, 0.05) is 37.2 Å². The number of nitrogens with zero attached hydrogens (tertiary/aromatic N) is 3. The van der Waals surface area contributed by atoms with E-state index in [-0.39, 0.29) is 11.0 Å². The number of rotatable bonds is 3. The van der Waals surface area contributed by atoms with Gasteiger partial charge in [0.05, 0.1) is 18.9 Å². The first-order valence-corrected chi connectivity index (χ1v) is 10.6. The van der Waals surface area contributed by atoms with Crippen molar-refractivity contribution >= 4 is 5.95 Å². The van der Waals surface area contributed by atoms with Crippen molar-refractivity contribution in [2.45, 2.75) is 37.6 Å². The summed E-state index contributed by atoms with van der Waals surface area (Å²) in [5.41, 5.74) is 3.00. The summed E-state index contributed by atoms with van der Waals surface area (Å²) in [6, 6.07) is 7.50. The Morgan fingerprint density at radius 3 is 2.90 bits per heavy atom. The summed E-state index contributed by atoms with van der Waals surface area (Å²) >= 11 is 0. The summed E-state index contributed by atoms with van der Waals surface area (Å²) in [6.07, 6.45) is 3.97. The van der Waals surface area contributed by atoms with E-state index in [1.807, 2.05) is 12.1 Å². The number of anilines is 1. The van der Waals surface area contributed by atoms with Gasteiger partial charge in [-0.3, -0.25) is 14.7 Å².